The Hall–Kier alpha value is -0.460. The van der Waals surface area contributed by atoms with Gasteiger partial charge in [-0.2, -0.15) is 0 Å². The van der Waals surface area contributed by atoms with Crippen molar-refractivity contribution in [2.75, 3.05) is 28.4 Å². The van der Waals surface area contributed by atoms with Crippen molar-refractivity contribution in [3.05, 3.63) is 22.4 Å². The van der Waals surface area contributed by atoms with Gasteiger partial charge in [0.1, 0.15) is 0 Å². The quantitative estimate of drug-likeness (QED) is 0.691. The van der Waals surface area contributed by atoms with E-state index < -0.39 is 5.79 Å². The highest BCUT2D eigenvalue weighted by Gasteiger charge is 2.36. The van der Waals surface area contributed by atoms with Gasteiger partial charge >= 0.3 is 0 Å². The summed E-state index contributed by atoms with van der Waals surface area (Å²) in [6, 6.07) is 3.93. The molecular weight excluding hydrogens is 228 g/mol. The molecule has 0 unspecified atom stereocenters. The molecule has 0 aliphatic rings. The highest BCUT2D eigenvalue weighted by atomic mass is 32.1. The van der Waals surface area contributed by atoms with Gasteiger partial charge in [0.15, 0.2) is 6.29 Å². The molecular formula is C11H18O4S. The normalized spacial score (nSPS) is 12.3. The predicted molar refractivity (Wildman–Crippen MR) is 62.4 cm³/mol. The van der Waals surface area contributed by atoms with E-state index in [1.807, 2.05) is 17.5 Å². The molecule has 5 heteroatoms. The Balaban J connectivity index is 2.88. The van der Waals surface area contributed by atoms with E-state index in [2.05, 4.69) is 0 Å². The van der Waals surface area contributed by atoms with Crippen LogP contribution in [0, 0.1) is 0 Å². The monoisotopic (exact) mass is 246 g/mol. The Bertz CT molecular complexity index is 278. The molecule has 0 N–H and O–H groups in total. The summed E-state index contributed by atoms with van der Waals surface area (Å²) in [6.07, 6.45) is 0.120. The molecule has 92 valence electrons. The second-order valence-electron chi connectivity index (χ2n) is 3.24. The molecule has 1 rings (SSSR count). The van der Waals surface area contributed by atoms with Gasteiger partial charge in [-0.15, -0.1) is 11.3 Å². The topological polar surface area (TPSA) is 36.9 Å². The molecule has 1 heterocycles. The first kappa shape index (κ1) is 13.6. The van der Waals surface area contributed by atoms with Crippen molar-refractivity contribution in [1.29, 1.82) is 0 Å². The SMILES string of the molecule is COC(CC(OC)(OC)c1cccs1)OC. The summed E-state index contributed by atoms with van der Waals surface area (Å²) in [7, 11) is 6.43. The molecule has 0 aliphatic carbocycles. The molecule has 0 saturated heterocycles. The minimum Gasteiger partial charge on any atom is -0.356 e. The lowest BCUT2D eigenvalue weighted by atomic mass is 10.1. The summed E-state index contributed by atoms with van der Waals surface area (Å²) in [5, 5.41) is 1.98. The molecule has 0 radical (unpaired) electrons. The van der Waals surface area contributed by atoms with Gasteiger partial charge in [0.2, 0.25) is 5.79 Å². The first-order valence-electron chi connectivity index (χ1n) is 4.92. The van der Waals surface area contributed by atoms with E-state index in [1.165, 1.54) is 0 Å². The summed E-state index contributed by atoms with van der Waals surface area (Å²) in [4.78, 5) is 0.997. The highest BCUT2D eigenvalue weighted by molar-refractivity contribution is 7.10. The molecule has 0 amide bonds. The Labute approximate surface area is 100 Å². The van der Waals surface area contributed by atoms with Crippen LogP contribution in [-0.2, 0) is 24.7 Å². The van der Waals surface area contributed by atoms with E-state index in [4.69, 9.17) is 18.9 Å². The van der Waals surface area contributed by atoms with Crippen LogP contribution in [0.3, 0.4) is 0 Å². The molecule has 16 heavy (non-hydrogen) atoms. The van der Waals surface area contributed by atoms with Gasteiger partial charge in [0.25, 0.3) is 0 Å². The standard InChI is InChI=1S/C11H18O4S/c1-12-10(13-2)8-11(14-3,15-4)9-6-5-7-16-9/h5-7,10H,8H2,1-4H3. The molecule has 0 aliphatic heterocycles. The van der Waals surface area contributed by atoms with Crippen LogP contribution in [0.15, 0.2) is 17.5 Å². The van der Waals surface area contributed by atoms with Gasteiger partial charge in [-0.1, -0.05) is 6.07 Å². The van der Waals surface area contributed by atoms with E-state index >= 15 is 0 Å². The number of hydrogen-bond donors (Lipinski definition) is 0. The second kappa shape index (κ2) is 6.32. The fourth-order valence-corrected chi connectivity index (χ4v) is 2.42. The second-order valence-corrected chi connectivity index (χ2v) is 4.19. The molecule has 0 spiro atoms. The van der Waals surface area contributed by atoms with E-state index in [-0.39, 0.29) is 6.29 Å². The van der Waals surface area contributed by atoms with Crippen LogP contribution >= 0.6 is 11.3 Å². The van der Waals surface area contributed by atoms with Crippen LogP contribution in [0.25, 0.3) is 0 Å². The smallest absolute Gasteiger partial charge is 0.208 e. The van der Waals surface area contributed by atoms with Crippen LogP contribution in [-0.4, -0.2) is 34.7 Å². The van der Waals surface area contributed by atoms with Crippen LogP contribution < -0.4 is 0 Å². The fourth-order valence-electron chi connectivity index (χ4n) is 1.53. The summed E-state index contributed by atoms with van der Waals surface area (Å²) in [6.45, 7) is 0. The van der Waals surface area contributed by atoms with Crippen molar-refractivity contribution >= 4 is 11.3 Å². The molecule has 4 nitrogen and oxygen atoms in total. The van der Waals surface area contributed by atoms with Crippen LogP contribution in [0.4, 0.5) is 0 Å². The third-order valence-corrected chi connectivity index (χ3v) is 3.51. The summed E-state index contributed by atoms with van der Waals surface area (Å²) in [5.74, 6) is -0.801. The zero-order valence-corrected chi connectivity index (χ0v) is 10.9. The molecule has 0 bridgehead atoms. The lowest BCUT2D eigenvalue weighted by molar-refractivity contribution is -0.256. The van der Waals surface area contributed by atoms with E-state index in [9.17, 15) is 0 Å². The Morgan fingerprint density at radius 1 is 1.19 bits per heavy atom. The lowest BCUT2D eigenvalue weighted by Crippen LogP contribution is -2.35. The molecule has 1 aromatic rings. The van der Waals surface area contributed by atoms with Crippen molar-refractivity contribution in [3.63, 3.8) is 0 Å². The van der Waals surface area contributed by atoms with Crippen molar-refractivity contribution in [2.45, 2.75) is 18.5 Å². The van der Waals surface area contributed by atoms with E-state index in [0.717, 1.165) is 4.88 Å². The first-order chi connectivity index (χ1) is 7.72. The Morgan fingerprint density at radius 2 is 1.81 bits per heavy atom. The number of hydrogen-bond acceptors (Lipinski definition) is 5. The Morgan fingerprint density at radius 3 is 2.19 bits per heavy atom. The van der Waals surface area contributed by atoms with Gasteiger partial charge in [-0.05, 0) is 11.4 Å². The average molecular weight is 246 g/mol. The molecule has 1 aromatic heterocycles. The van der Waals surface area contributed by atoms with Crippen molar-refractivity contribution < 1.29 is 18.9 Å². The van der Waals surface area contributed by atoms with E-state index in [0.29, 0.717) is 6.42 Å². The lowest BCUT2D eigenvalue weighted by Gasteiger charge is -2.32. The minimum atomic E-state index is -0.801. The van der Waals surface area contributed by atoms with E-state index in [1.54, 1.807) is 39.8 Å². The number of thiophene rings is 1. The summed E-state index contributed by atoms with van der Waals surface area (Å²) >= 11 is 1.58. The zero-order valence-electron chi connectivity index (χ0n) is 10.1. The van der Waals surface area contributed by atoms with Crippen LogP contribution in [0.5, 0.6) is 0 Å². The zero-order chi connectivity index (χ0) is 12.0. The molecule has 0 atom stereocenters. The number of rotatable bonds is 7. The van der Waals surface area contributed by atoms with Crippen molar-refractivity contribution in [3.8, 4) is 0 Å². The van der Waals surface area contributed by atoms with Gasteiger partial charge < -0.3 is 18.9 Å². The maximum atomic E-state index is 5.49. The summed E-state index contributed by atoms with van der Waals surface area (Å²) < 4.78 is 21.3. The molecule has 0 saturated carbocycles. The molecule has 0 fully saturated rings. The van der Waals surface area contributed by atoms with Gasteiger partial charge in [0, 0.05) is 28.4 Å². The van der Waals surface area contributed by atoms with Crippen molar-refractivity contribution in [1.82, 2.24) is 0 Å². The average Bonchev–Trinajstić information content (AvgIpc) is 2.86. The van der Waals surface area contributed by atoms with Gasteiger partial charge in [-0.25, -0.2) is 0 Å². The van der Waals surface area contributed by atoms with Crippen LogP contribution in [0.1, 0.15) is 11.3 Å². The summed E-state index contributed by atoms with van der Waals surface area (Å²) in [5.41, 5.74) is 0. The highest BCUT2D eigenvalue weighted by Crippen LogP contribution is 2.34. The maximum Gasteiger partial charge on any atom is 0.208 e. The Kier molecular flexibility index (Phi) is 5.37. The minimum absolute atomic E-state index is 0.359. The third kappa shape index (κ3) is 2.81. The molecule has 0 aromatic carbocycles. The third-order valence-electron chi connectivity index (χ3n) is 2.52. The predicted octanol–water partition coefficient (Wildman–Crippen LogP) is 2.20. The van der Waals surface area contributed by atoms with Gasteiger partial charge in [-0.3, -0.25) is 0 Å². The van der Waals surface area contributed by atoms with Gasteiger partial charge in [0.05, 0.1) is 11.3 Å². The fraction of sp³-hybridized carbons (Fsp3) is 0.636. The largest absolute Gasteiger partial charge is 0.356 e. The first-order valence-corrected chi connectivity index (χ1v) is 5.80. The van der Waals surface area contributed by atoms with Crippen molar-refractivity contribution in [2.24, 2.45) is 0 Å². The number of ether oxygens (including phenoxy) is 4. The number of methoxy groups -OCH3 is 4. The maximum absolute atomic E-state index is 5.49. The van der Waals surface area contributed by atoms with Crippen LogP contribution in [0.2, 0.25) is 0 Å².